The first-order valence-electron chi connectivity index (χ1n) is 24.1. The third-order valence-electron chi connectivity index (χ3n) is 14.2. The van der Waals surface area contributed by atoms with Crippen LogP contribution in [-0.4, -0.2) is 4.57 Å². The summed E-state index contributed by atoms with van der Waals surface area (Å²) in [5.74, 6) is 0. The maximum absolute atomic E-state index is 2.56. The van der Waals surface area contributed by atoms with Gasteiger partial charge in [0.25, 0.3) is 0 Å². The number of rotatable bonds is 10. The molecule has 1 heterocycles. The number of hydrogen-bond acceptors (Lipinski definition) is 2. The molecule has 0 fully saturated rings. The number of nitrogens with zero attached hydrogens (tertiary/aromatic N) is 3. The summed E-state index contributed by atoms with van der Waals surface area (Å²) in [6.45, 7) is 0. The predicted molar refractivity (Wildman–Crippen MR) is 293 cm³/mol. The van der Waals surface area contributed by atoms with Crippen molar-refractivity contribution in [1.82, 2.24) is 4.57 Å². The van der Waals surface area contributed by atoms with Crippen LogP contribution in [0, 0.1) is 0 Å². The zero-order valence-electron chi connectivity index (χ0n) is 38.5. The number of hydrogen-bond donors (Lipinski definition) is 0. The van der Waals surface area contributed by atoms with E-state index in [0.717, 1.165) is 45.2 Å². The van der Waals surface area contributed by atoms with Crippen LogP contribution in [0.15, 0.2) is 285 Å². The van der Waals surface area contributed by atoms with E-state index in [1.54, 1.807) is 0 Å². The van der Waals surface area contributed by atoms with Crippen molar-refractivity contribution in [3.63, 3.8) is 0 Å². The van der Waals surface area contributed by atoms with Gasteiger partial charge in [-0.25, -0.2) is 0 Å². The van der Waals surface area contributed by atoms with Crippen molar-refractivity contribution in [3.05, 3.63) is 302 Å². The number of para-hydroxylation sites is 5. The first kappa shape index (κ1) is 41.0. The summed E-state index contributed by atoms with van der Waals surface area (Å²) in [6, 6.07) is 104. The van der Waals surface area contributed by atoms with Crippen LogP contribution < -0.4 is 9.80 Å². The first-order valence-corrected chi connectivity index (χ1v) is 24.1. The van der Waals surface area contributed by atoms with Gasteiger partial charge in [0.1, 0.15) is 5.54 Å². The summed E-state index contributed by atoms with van der Waals surface area (Å²) in [6.07, 6.45) is 0. The minimum absolute atomic E-state index is 0.750. The standard InChI is InChI=1S/C67H47N3/c1-7-24-48(25-8-1)56-38-23-39-57(49-26-9-2-10-27-49)66(56)69-64-41-22-20-37-60(64)61-45-43-55(47-65(61)69)68(51-30-13-4-14-31-51)54-42-44-59-58-36-19-21-40-62(58)67(63(59)46-54,50-28-11-3-12-29-50)70(52-32-15-5-16-33-52)53-34-17-6-18-35-53/h1-47H. The lowest BCUT2D eigenvalue weighted by molar-refractivity contribution is 0.644. The lowest BCUT2D eigenvalue weighted by Gasteiger charge is -2.45. The van der Waals surface area contributed by atoms with Crippen molar-refractivity contribution in [2.24, 2.45) is 0 Å². The molecule has 3 nitrogen and oxygen atoms in total. The van der Waals surface area contributed by atoms with Gasteiger partial charge in [0.2, 0.25) is 0 Å². The van der Waals surface area contributed by atoms with Crippen LogP contribution >= 0.6 is 0 Å². The molecular weight excluding hydrogens is 847 g/mol. The lowest BCUT2D eigenvalue weighted by atomic mass is 9.78. The Bertz CT molecular complexity index is 3720. The van der Waals surface area contributed by atoms with Gasteiger partial charge < -0.3 is 14.4 Å². The maximum Gasteiger partial charge on any atom is 0.122 e. The molecule has 0 saturated carbocycles. The van der Waals surface area contributed by atoms with E-state index in [-0.39, 0.29) is 0 Å². The molecule has 0 radical (unpaired) electrons. The maximum atomic E-state index is 2.56. The third kappa shape index (κ3) is 6.58. The molecule has 0 spiro atoms. The fourth-order valence-corrected chi connectivity index (χ4v) is 11.3. The van der Waals surface area contributed by atoms with Gasteiger partial charge in [-0.2, -0.15) is 0 Å². The SMILES string of the molecule is c1ccc(-c2cccc(-c3ccccc3)c2-n2c3ccccc3c3ccc(N(c4ccccc4)c4ccc5c(c4)C(c4ccccc4)(N(c4ccccc4)c4ccccc4)c4ccccc4-5)cc32)cc1. The van der Waals surface area contributed by atoms with Crippen LogP contribution in [-0.2, 0) is 5.54 Å². The molecule has 0 saturated heterocycles. The van der Waals surface area contributed by atoms with Crippen LogP contribution in [0.2, 0.25) is 0 Å². The highest BCUT2D eigenvalue weighted by molar-refractivity contribution is 6.12. The highest BCUT2D eigenvalue weighted by atomic mass is 15.2. The molecule has 1 unspecified atom stereocenters. The predicted octanol–water partition coefficient (Wildman–Crippen LogP) is 17.7. The van der Waals surface area contributed by atoms with Gasteiger partial charge >= 0.3 is 0 Å². The van der Waals surface area contributed by atoms with Crippen molar-refractivity contribution >= 4 is 50.2 Å². The van der Waals surface area contributed by atoms with Gasteiger partial charge in [-0.15, -0.1) is 0 Å². The average molecular weight is 894 g/mol. The van der Waals surface area contributed by atoms with E-state index >= 15 is 0 Å². The quantitative estimate of drug-likeness (QED) is 0.136. The van der Waals surface area contributed by atoms with Gasteiger partial charge in [0, 0.05) is 50.3 Å². The molecule has 0 N–H and O–H groups in total. The van der Waals surface area contributed by atoms with Crippen molar-refractivity contribution in [3.8, 4) is 39.1 Å². The first-order chi connectivity index (χ1) is 34.8. The molecule has 1 aromatic heterocycles. The van der Waals surface area contributed by atoms with E-state index in [4.69, 9.17) is 0 Å². The highest BCUT2D eigenvalue weighted by Gasteiger charge is 2.50. The van der Waals surface area contributed by atoms with E-state index in [0.29, 0.717) is 0 Å². The van der Waals surface area contributed by atoms with Crippen molar-refractivity contribution in [1.29, 1.82) is 0 Å². The Hall–Kier alpha value is -9.18. The second-order valence-corrected chi connectivity index (χ2v) is 18.0. The monoisotopic (exact) mass is 893 g/mol. The molecule has 1 atom stereocenters. The lowest BCUT2D eigenvalue weighted by Crippen LogP contribution is -2.44. The summed E-state index contributed by atoms with van der Waals surface area (Å²) in [7, 11) is 0. The van der Waals surface area contributed by atoms with E-state index in [9.17, 15) is 0 Å². The smallest absolute Gasteiger partial charge is 0.122 e. The molecule has 3 heteroatoms. The topological polar surface area (TPSA) is 11.4 Å². The summed E-state index contributed by atoms with van der Waals surface area (Å²) in [5, 5.41) is 2.41. The molecule has 12 aromatic rings. The molecule has 330 valence electrons. The molecule has 0 bridgehead atoms. The van der Waals surface area contributed by atoms with Crippen LogP contribution in [0.1, 0.15) is 16.7 Å². The van der Waals surface area contributed by atoms with Gasteiger partial charge in [-0.05, 0) is 106 Å². The van der Waals surface area contributed by atoms with Gasteiger partial charge in [-0.1, -0.05) is 218 Å². The second kappa shape index (κ2) is 17.2. The van der Waals surface area contributed by atoms with E-state index < -0.39 is 5.54 Å². The number of anilines is 5. The fraction of sp³-hybridized carbons (Fsp3) is 0.0149. The molecule has 0 aliphatic heterocycles. The Balaban J connectivity index is 1.09. The second-order valence-electron chi connectivity index (χ2n) is 18.0. The third-order valence-corrected chi connectivity index (χ3v) is 14.2. The van der Waals surface area contributed by atoms with Crippen LogP contribution in [0.4, 0.5) is 28.4 Å². The summed E-state index contributed by atoms with van der Waals surface area (Å²) >= 11 is 0. The van der Waals surface area contributed by atoms with Crippen molar-refractivity contribution in [2.45, 2.75) is 5.54 Å². The molecule has 13 rings (SSSR count). The Morgan fingerprint density at radius 1 is 0.286 bits per heavy atom. The number of aromatic nitrogens is 1. The molecule has 70 heavy (non-hydrogen) atoms. The minimum atomic E-state index is -0.750. The zero-order chi connectivity index (χ0) is 46.4. The normalized spacial score (nSPS) is 13.8. The van der Waals surface area contributed by atoms with Gasteiger partial charge in [0.15, 0.2) is 0 Å². The Kier molecular flexibility index (Phi) is 10.1. The molecule has 1 aliphatic carbocycles. The summed E-state index contributed by atoms with van der Waals surface area (Å²) in [4.78, 5) is 5.00. The summed E-state index contributed by atoms with van der Waals surface area (Å²) < 4.78 is 2.51. The molecule has 1 aliphatic rings. The average Bonchev–Trinajstić information content (AvgIpc) is 3.92. The Morgan fingerprint density at radius 2 is 0.743 bits per heavy atom. The van der Waals surface area contributed by atoms with E-state index in [1.807, 2.05) is 0 Å². The van der Waals surface area contributed by atoms with Gasteiger partial charge in [-0.3, -0.25) is 0 Å². The Morgan fingerprint density at radius 3 is 1.37 bits per heavy atom. The highest BCUT2D eigenvalue weighted by Crippen LogP contribution is 2.59. The van der Waals surface area contributed by atoms with E-state index in [2.05, 4.69) is 299 Å². The molecular formula is C67H47N3. The van der Waals surface area contributed by atoms with Crippen LogP contribution in [0.25, 0.3) is 60.9 Å². The van der Waals surface area contributed by atoms with Gasteiger partial charge in [0.05, 0.1) is 16.7 Å². The largest absolute Gasteiger partial charge is 0.323 e. The zero-order valence-corrected chi connectivity index (χ0v) is 38.5. The molecule has 0 amide bonds. The van der Waals surface area contributed by atoms with E-state index in [1.165, 1.54) is 60.8 Å². The number of fused-ring (bicyclic) bond motifs is 6. The van der Waals surface area contributed by atoms with Crippen LogP contribution in [0.3, 0.4) is 0 Å². The molecule has 11 aromatic carbocycles. The van der Waals surface area contributed by atoms with Crippen molar-refractivity contribution < 1.29 is 0 Å². The minimum Gasteiger partial charge on any atom is -0.323 e. The van der Waals surface area contributed by atoms with Crippen molar-refractivity contribution in [2.75, 3.05) is 9.80 Å². The number of benzene rings is 11. The fourth-order valence-electron chi connectivity index (χ4n) is 11.3. The van der Waals surface area contributed by atoms with Crippen LogP contribution in [0.5, 0.6) is 0 Å². The Labute approximate surface area is 409 Å². The summed E-state index contributed by atoms with van der Waals surface area (Å²) in [5.41, 5.74) is 18.9.